The molecule has 3 heteroatoms. The summed E-state index contributed by atoms with van der Waals surface area (Å²) in [6, 6.07) is 15.2. The normalized spacial score (nSPS) is 30.1. The van der Waals surface area contributed by atoms with E-state index in [1.165, 1.54) is 22.3 Å². The first-order valence-corrected chi connectivity index (χ1v) is 8.81. The van der Waals surface area contributed by atoms with Crippen LogP contribution in [0.2, 0.25) is 0 Å². The average Bonchev–Trinajstić information content (AvgIpc) is 3.29. The molecule has 122 valence electrons. The molecule has 5 rings (SSSR count). The molecule has 2 aliphatic carbocycles. The minimum absolute atomic E-state index is 0.118. The van der Waals surface area contributed by atoms with Gasteiger partial charge in [-0.25, -0.2) is 0 Å². The Kier molecular flexibility index (Phi) is 2.71. The third-order valence-corrected chi connectivity index (χ3v) is 6.40. The summed E-state index contributed by atoms with van der Waals surface area (Å²) < 4.78 is 6.02. The second-order valence-corrected chi connectivity index (χ2v) is 7.49. The van der Waals surface area contributed by atoms with Gasteiger partial charge in [0.15, 0.2) is 5.90 Å². The SMILES string of the molecule is CC1(C2=NCCO2)Cc2cccc(N)c2C12CCc1ccccc12. The summed E-state index contributed by atoms with van der Waals surface area (Å²) in [6.45, 7) is 3.81. The van der Waals surface area contributed by atoms with Crippen LogP contribution < -0.4 is 5.73 Å². The maximum Gasteiger partial charge on any atom is 0.191 e. The molecule has 3 aliphatic rings. The van der Waals surface area contributed by atoms with Crippen molar-refractivity contribution >= 4 is 11.6 Å². The van der Waals surface area contributed by atoms with Gasteiger partial charge in [-0.15, -0.1) is 0 Å². The molecule has 0 saturated heterocycles. The number of benzene rings is 2. The fraction of sp³-hybridized carbons (Fsp3) is 0.381. The molecule has 2 aromatic carbocycles. The molecule has 1 heterocycles. The molecule has 0 aromatic heterocycles. The van der Waals surface area contributed by atoms with E-state index in [4.69, 9.17) is 15.5 Å². The minimum atomic E-state index is -0.159. The number of nitrogens with two attached hydrogens (primary N) is 1. The van der Waals surface area contributed by atoms with Gasteiger partial charge in [0.25, 0.3) is 0 Å². The fourth-order valence-corrected chi connectivity index (χ4v) is 5.47. The van der Waals surface area contributed by atoms with E-state index in [2.05, 4.69) is 43.3 Å². The van der Waals surface area contributed by atoms with Crippen molar-refractivity contribution in [2.24, 2.45) is 10.4 Å². The lowest BCUT2D eigenvalue weighted by Crippen LogP contribution is -2.46. The number of fused-ring (bicyclic) bond motifs is 4. The van der Waals surface area contributed by atoms with Gasteiger partial charge < -0.3 is 10.5 Å². The van der Waals surface area contributed by atoms with Crippen molar-refractivity contribution in [3.8, 4) is 0 Å². The lowest BCUT2D eigenvalue weighted by atomic mass is 9.61. The number of rotatable bonds is 1. The molecule has 0 saturated carbocycles. The Morgan fingerprint density at radius 3 is 2.75 bits per heavy atom. The predicted molar refractivity (Wildman–Crippen MR) is 96.5 cm³/mol. The van der Waals surface area contributed by atoms with Gasteiger partial charge in [0, 0.05) is 11.1 Å². The Morgan fingerprint density at radius 1 is 1.08 bits per heavy atom. The van der Waals surface area contributed by atoms with Crippen LogP contribution in [0.3, 0.4) is 0 Å². The van der Waals surface area contributed by atoms with Crippen molar-refractivity contribution < 1.29 is 4.74 Å². The second kappa shape index (κ2) is 4.62. The second-order valence-electron chi connectivity index (χ2n) is 7.49. The molecule has 24 heavy (non-hydrogen) atoms. The highest BCUT2D eigenvalue weighted by Gasteiger charge is 2.62. The van der Waals surface area contributed by atoms with Crippen LogP contribution in [0, 0.1) is 5.41 Å². The Bertz CT molecular complexity index is 872. The van der Waals surface area contributed by atoms with E-state index in [0.717, 1.165) is 37.4 Å². The van der Waals surface area contributed by atoms with E-state index in [0.29, 0.717) is 6.61 Å². The number of aliphatic imine (C=N–C) groups is 1. The summed E-state index contributed by atoms with van der Waals surface area (Å²) in [6.07, 6.45) is 3.11. The highest BCUT2D eigenvalue weighted by molar-refractivity contribution is 5.90. The molecule has 1 spiro atoms. The predicted octanol–water partition coefficient (Wildman–Crippen LogP) is 3.49. The number of nitrogens with zero attached hydrogens (tertiary/aromatic N) is 1. The highest BCUT2D eigenvalue weighted by atomic mass is 16.5. The molecule has 0 bridgehead atoms. The van der Waals surface area contributed by atoms with E-state index in [1.807, 2.05) is 6.07 Å². The summed E-state index contributed by atoms with van der Waals surface area (Å²) in [5, 5.41) is 0. The largest absolute Gasteiger partial charge is 0.479 e. The van der Waals surface area contributed by atoms with Gasteiger partial charge in [-0.05, 0) is 54.5 Å². The molecular weight excluding hydrogens is 296 g/mol. The van der Waals surface area contributed by atoms with E-state index in [9.17, 15) is 0 Å². The molecule has 2 unspecified atom stereocenters. The first-order valence-electron chi connectivity index (χ1n) is 8.81. The van der Waals surface area contributed by atoms with Crippen molar-refractivity contribution in [3.05, 3.63) is 64.7 Å². The summed E-state index contributed by atoms with van der Waals surface area (Å²) in [4.78, 5) is 4.75. The Balaban J connectivity index is 1.85. The molecule has 3 nitrogen and oxygen atoms in total. The number of ether oxygens (including phenoxy) is 1. The van der Waals surface area contributed by atoms with Crippen molar-refractivity contribution in [3.63, 3.8) is 0 Å². The molecule has 1 aliphatic heterocycles. The first kappa shape index (κ1) is 14.1. The van der Waals surface area contributed by atoms with Crippen molar-refractivity contribution in [2.45, 2.75) is 31.6 Å². The zero-order valence-corrected chi connectivity index (χ0v) is 14.0. The Labute approximate surface area is 142 Å². The standard InChI is InChI=1S/C21H22N2O/c1-20(19-23-11-12-24-19)13-15-6-4-8-17(22)18(15)21(20)10-9-14-5-2-3-7-16(14)21/h2-8H,9-13,22H2,1H3. The molecule has 2 aromatic rings. The molecule has 2 N–H and O–H groups in total. The summed E-state index contributed by atoms with van der Waals surface area (Å²) in [5.74, 6) is 0.926. The Morgan fingerprint density at radius 2 is 1.92 bits per heavy atom. The smallest absolute Gasteiger partial charge is 0.191 e. The maximum atomic E-state index is 6.52. The van der Waals surface area contributed by atoms with Gasteiger partial charge in [0.2, 0.25) is 0 Å². The van der Waals surface area contributed by atoms with E-state index in [-0.39, 0.29) is 10.8 Å². The third-order valence-electron chi connectivity index (χ3n) is 6.40. The van der Waals surface area contributed by atoms with Crippen molar-refractivity contribution in [1.82, 2.24) is 0 Å². The lowest BCUT2D eigenvalue weighted by molar-refractivity contribution is 0.223. The van der Waals surface area contributed by atoms with Crippen LogP contribution in [0.1, 0.15) is 35.6 Å². The van der Waals surface area contributed by atoms with Gasteiger partial charge in [-0.3, -0.25) is 4.99 Å². The first-order chi connectivity index (χ1) is 11.7. The van der Waals surface area contributed by atoms with Gasteiger partial charge >= 0.3 is 0 Å². The van der Waals surface area contributed by atoms with Crippen LogP contribution in [0.25, 0.3) is 0 Å². The zero-order chi connectivity index (χ0) is 16.4. The molecule has 0 amide bonds. The van der Waals surface area contributed by atoms with Crippen LogP contribution in [0.5, 0.6) is 0 Å². The molecule has 2 atom stereocenters. The van der Waals surface area contributed by atoms with Gasteiger partial charge in [-0.2, -0.15) is 0 Å². The zero-order valence-electron chi connectivity index (χ0n) is 14.0. The van der Waals surface area contributed by atoms with Crippen molar-refractivity contribution in [1.29, 1.82) is 0 Å². The van der Waals surface area contributed by atoms with Gasteiger partial charge in [-0.1, -0.05) is 36.4 Å². The average molecular weight is 318 g/mol. The quantitative estimate of drug-likeness (QED) is 0.818. The monoisotopic (exact) mass is 318 g/mol. The highest BCUT2D eigenvalue weighted by Crippen LogP contribution is 2.63. The van der Waals surface area contributed by atoms with Gasteiger partial charge in [0.05, 0.1) is 12.0 Å². The number of hydrogen-bond acceptors (Lipinski definition) is 3. The fourth-order valence-electron chi connectivity index (χ4n) is 5.47. The van der Waals surface area contributed by atoms with E-state index >= 15 is 0 Å². The summed E-state index contributed by atoms with van der Waals surface area (Å²) >= 11 is 0. The van der Waals surface area contributed by atoms with Crippen LogP contribution >= 0.6 is 0 Å². The number of hydrogen-bond donors (Lipinski definition) is 1. The minimum Gasteiger partial charge on any atom is -0.479 e. The molecule has 0 radical (unpaired) electrons. The summed E-state index contributed by atoms with van der Waals surface area (Å²) in [7, 11) is 0. The van der Waals surface area contributed by atoms with Crippen LogP contribution in [-0.4, -0.2) is 19.0 Å². The van der Waals surface area contributed by atoms with Crippen LogP contribution in [0.15, 0.2) is 47.5 Å². The van der Waals surface area contributed by atoms with E-state index in [1.54, 1.807) is 0 Å². The number of aryl methyl sites for hydroxylation is 1. The Hall–Kier alpha value is -2.29. The van der Waals surface area contributed by atoms with Crippen LogP contribution in [-0.2, 0) is 23.0 Å². The van der Waals surface area contributed by atoms with Crippen molar-refractivity contribution in [2.75, 3.05) is 18.9 Å². The third kappa shape index (κ3) is 1.50. The summed E-state index contributed by atoms with van der Waals surface area (Å²) in [5.41, 5.74) is 12.7. The molecular formula is C21H22N2O. The van der Waals surface area contributed by atoms with Crippen LogP contribution in [0.4, 0.5) is 5.69 Å². The maximum absolute atomic E-state index is 6.52. The lowest BCUT2D eigenvalue weighted by Gasteiger charge is -2.42. The topological polar surface area (TPSA) is 47.6 Å². The number of anilines is 1. The number of nitrogen functional groups attached to an aromatic ring is 1. The molecule has 0 fully saturated rings. The van der Waals surface area contributed by atoms with Gasteiger partial charge in [0.1, 0.15) is 6.61 Å². The van der Waals surface area contributed by atoms with E-state index < -0.39 is 0 Å².